The second-order valence-electron chi connectivity index (χ2n) is 5.17. The minimum atomic E-state index is -0.217. The van der Waals surface area contributed by atoms with Crippen LogP contribution < -0.4 is 9.47 Å². The van der Waals surface area contributed by atoms with E-state index in [1.807, 2.05) is 32.9 Å². The average molecular weight is 250 g/mol. The molecule has 2 rings (SSSR count). The molecule has 1 aromatic carbocycles. The highest BCUT2D eigenvalue weighted by Crippen LogP contribution is 2.43. The van der Waals surface area contributed by atoms with Crippen molar-refractivity contribution in [2.24, 2.45) is 0 Å². The van der Waals surface area contributed by atoms with Gasteiger partial charge < -0.3 is 14.6 Å². The Morgan fingerprint density at radius 2 is 2.17 bits per heavy atom. The molecule has 1 aliphatic rings. The zero-order valence-electron chi connectivity index (χ0n) is 10.9. The van der Waals surface area contributed by atoms with E-state index in [0.717, 1.165) is 11.1 Å². The highest BCUT2D eigenvalue weighted by Gasteiger charge is 2.35. The topological polar surface area (TPSA) is 55.8 Å². The maximum absolute atomic E-state index is 11.6. The first-order valence-corrected chi connectivity index (χ1v) is 6.04. The molecule has 0 spiro atoms. The van der Waals surface area contributed by atoms with Crippen LogP contribution in [0.1, 0.15) is 31.4 Å². The second kappa shape index (κ2) is 4.61. The van der Waals surface area contributed by atoms with E-state index >= 15 is 0 Å². The molecule has 1 aromatic rings. The molecule has 0 atom stereocenters. The lowest BCUT2D eigenvalue weighted by Gasteiger charge is -2.32. The first kappa shape index (κ1) is 12.9. The molecule has 1 aliphatic heterocycles. The summed E-state index contributed by atoms with van der Waals surface area (Å²) in [4.78, 5) is 11.6. The molecular formula is C14H18O4. The van der Waals surface area contributed by atoms with Gasteiger partial charge in [-0.25, -0.2) is 0 Å². The molecule has 0 amide bonds. The Hall–Kier alpha value is -1.55. The van der Waals surface area contributed by atoms with Gasteiger partial charge in [-0.2, -0.15) is 0 Å². The largest absolute Gasteiger partial charge is 0.491 e. The van der Waals surface area contributed by atoms with Gasteiger partial charge in [0.25, 0.3) is 0 Å². The molecule has 98 valence electrons. The molecule has 0 saturated heterocycles. The van der Waals surface area contributed by atoms with E-state index in [9.17, 15) is 4.79 Å². The molecule has 1 N–H and O–H groups in total. The number of rotatable bonds is 3. The van der Waals surface area contributed by atoms with Gasteiger partial charge in [0.05, 0.1) is 13.0 Å². The van der Waals surface area contributed by atoms with Crippen molar-refractivity contribution in [3.05, 3.63) is 23.3 Å². The Bertz CT molecular complexity index is 477. The van der Waals surface area contributed by atoms with Crippen LogP contribution in [0, 0.1) is 6.92 Å². The van der Waals surface area contributed by atoms with Gasteiger partial charge in [0.15, 0.2) is 0 Å². The molecule has 0 aromatic heterocycles. The fourth-order valence-electron chi connectivity index (χ4n) is 2.26. The lowest BCUT2D eigenvalue weighted by atomic mass is 9.79. The highest BCUT2D eigenvalue weighted by molar-refractivity contribution is 5.78. The zero-order valence-corrected chi connectivity index (χ0v) is 10.9. The molecule has 0 fully saturated rings. The summed E-state index contributed by atoms with van der Waals surface area (Å²) in [6.07, 6.45) is 0.385. The quantitative estimate of drug-likeness (QED) is 0.658. The number of esters is 1. The molecule has 18 heavy (non-hydrogen) atoms. The summed E-state index contributed by atoms with van der Waals surface area (Å²) in [7, 11) is 0. The molecule has 4 nitrogen and oxygen atoms in total. The first-order chi connectivity index (χ1) is 8.45. The number of aliphatic hydroxyl groups is 1. The van der Waals surface area contributed by atoms with E-state index in [0.29, 0.717) is 17.9 Å². The van der Waals surface area contributed by atoms with Gasteiger partial charge in [-0.1, -0.05) is 19.9 Å². The molecular weight excluding hydrogens is 232 g/mol. The fraction of sp³-hybridized carbons (Fsp3) is 0.500. The Morgan fingerprint density at radius 3 is 2.83 bits per heavy atom. The van der Waals surface area contributed by atoms with Crippen molar-refractivity contribution in [2.75, 3.05) is 13.2 Å². The van der Waals surface area contributed by atoms with Crippen molar-refractivity contribution in [3.63, 3.8) is 0 Å². The maximum atomic E-state index is 11.6. The van der Waals surface area contributed by atoms with Crippen LogP contribution in [0.3, 0.4) is 0 Å². The number of fused-ring (bicyclic) bond motifs is 1. The lowest BCUT2D eigenvalue weighted by Crippen LogP contribution is -2.31. The third-order valence-electron chi connectivity index (χ3n) is 3.24. The first-order valence-electron chi connectivity index (χ1n) is 6.04. The monoisotopic (exact) mass is 250 g/mol. The van der Waals surface area contributed by atoms with Gasteiger partial charge in [-0.3, -0.25) is 4.79 Å². The number of aliphatic hydroxyl groups excluding tert-OH is 1. The van der Waals surface area contributed by atoms with E-state index < -0.39 is 0 Å². The van der Waals surface area contributed by atoms with E-state index in [-0.39, 0.29) is 24.6 Å². The number of ether oxygens (including phenoxy) is 2. The minimum Gasteiger partial charge on any atom is -0.491 e. The van der Waals surface area contributed by atoms with Gasteiger partial charge in [0.2, 0.25) is 0 Å². The van der Waals surface area contributed by atoms with Crippen LogP contribution in [0.15, 0.2) is 12.1 Å². The van der Waals surface area contributed by atoms with Gasteiger partial charge in [-0.05, 0) is 13.0 Å². The third kappa shape index (κ3) is 2.20. The Balaban J connectivity index is 2.44. The van der Waals surface area contributed by atoms with Crippen molar-refractivity contribution >= 4 is 5.97 Å². The van der Waals surface area contributed by atoms with Gasteiger partial charge in [-0.15, -0.1) is 0 Å². The summed E-state index contributed by atoms with van der Waals surface area (Å²) in [5, 5.41) is 8.77. The number of hydrogen-bond donors (Lipinski definition) is 1. The van der Waals surface area contributed by atoms with E-state index in [2.05, 4.69) is 0 Å². The maximum Gasteiger partial charge on any atom is 0.312 e. The van der Waals surface area contributed by atoms with Crippen LogP contribution in [0.2, 0.25) is 0 Å². The summed E-state index contributed by atoms with van der Waals surface area (Å²) in [5.74, 6) is 1.04. The summed E-state index contributed by atoms with van der Waals surface area (Å²) in [6.45, 7) is 6.11. The van der Waals surface area contributed by atoms with Crippen molar-refractivity contribution in [3.8, 4) is 11.5 Å². The van der Waals surface area contributed by atoms with Crippen molar-refractivity contribution in [1.29, 1.82) is 0 Å². The Kier molecular flexibility index (Phi) is 3.30. The summed E-state index contributed by atoms with van der Waals surface area (Å²) in [5.41, 5.74) is 1.61. The van der Waals surface area contributed by atoms with Crippen molar-refractivity contribution in [1.82, 2.24) is 0 Å². The van der Waals surface area contributed by atoms with Crippen LogP contribution in [-0.2, 0) is 10.2 Å². The SMILES string of the molecule is Cc1c(OCCO)ccc2c1OC(=O)CC2(C)C. The molecule has 4 heteroatoms. The highest BCUT2D eigenvalue weighted by atomic mass is 16.5. The van der Waals surface area contributed by atoms with E-state index in [1.54, 1.807) is 0 Å². The summed E-state index contributed by atoms with van der Waals surface area (Å²) in [6, 6.07) is 3.80. The second-order valence-corrected chi connectivity index (χ2v) is 5.17. The van der Waals surface area contributed by atoms with Crippen molar-refractivity contribution < 1.29 is 19.4 Å². The number of carbonyl (C=O) groups is 1. The average Bonchev–Trinajstić information content (AvgIpc) is 2.28. The summed E-state index contributed by atoms with van der Waals surface area (Å²) >= 11 is 0. The smallest absolute Gasteiger partial charge is 0.312 e. The summed E-state index contributed by atoms with van der Waals surface area (Å²) < 4.78 is 10.8. The van der Waals surface area contributed by atoms with Gasteiger partial charge in [0, 0.05) is 16.5 Å². The van der Waals surface area contributed by atoms with Crippen LogP contribution >= 0.6 is 0 Å². The minimum absolute atomic E-state index is 0.0399. The van der Waals surface area contributed by atoms with Gasteiger partial charge >= 0.3 is 5.97 Å². The molecule has 1 heterocycles. The number of hydrogen-bond acceptors (Lipinski definition) is 4. The number of benzene rings is 1. The van der Waals surface area contributed by atoms with Gasteiger partial charge in [0.1, 0.15) is 18.1 Å². The van der Waals surface area contributed by atoms with Crippen LogP contribution in [0.5, 0.6) is 11.5 Å². The Labute approximate surface area is 107 Å². The van der Waals surface area contributed by atoms with E-state index in [4.69, 9.17) is 14.6 Å². The molecule has 0 radical (unpaired) electrons. The molecule has 0 unspecified atom stereocenters. The lowest BCUT2D eigenvalue weighted by molar-refractivity contribution is -0.137. The number of carbonyl (C=O) groups excluding carboxylic acids is 1. The standard InChI is InChI=1S/C14H18O4/c1-9-11(17-7-6-15)5-4-10-13(9)18-12(16)8-14(10,2)3/h4-5,15H,6-8H2,1-3H3. The zero-order chi connectivity index (χ0) is 13.3. The van der Waals surface area contributed by atoms with Crippen molar-refractivity contribution in [2.45, 2.75) is 32.6 Å². The molecule has 0 saturated carbocycles. The van der Waals surface area contributed by atoms with Crippen LogP contribution in [0.4, 0.5) is 0 Å². The predicted molar refractivity (Wildman–Crippen MR) is 67.0 cm³/mol. The van der Waals surface area contributed by atoms with Crippen LogP contribution in [-0.4, -0.2) is 24.3 Å². The predicted octanol–water partition coefficient (Wildman–Crippen LogP) is 1.95. The molecule has 0 bridgehead atoms. The fourth-order valence-corrected chi connectivity index (χ4v) is 2.26. The van der Waals surface area contributed by atoms with E-state index in [1.165, 1.54) is 0 Å². The molecule has 0 aliphatic carbocycles. The van der Waals surface area contributed by atoms with Crippen LogP contribution in [0.25, 0.3) is 0 Å². The Morgan fingerprint density at radius 1 is 1.44 bits per heavy atom. The third-order valence-corrected chi connectivity index (χ3v) is 3.24. The normalized spacial score (nSPS) is 17.0.